The van der Waals surface area contributed by atoms with Crippen LogP contribution < -0.4 is 5.32 Å². The van der Waals surface area contributed by atoms with Crippen molar-refractivity contribution in [2.75, 3.05) is 11.9 Å². The number of halogens is 5. The molecule has 138 valence electrons. The molecule has 10 heteroatoms. The van der Waals surface area contributed by atoms with Crippen LogP contribution in [0.3, 0.4) is 0 Å². The van der Waals surface area contributed by atoms with E-state index >= 15 is 0 Å². The van der Waals surface area contributed by atoms with Gasteiger partial charge in [0.2, 0.25) is 0 Å². The fourth-order valence-electron chi connectivity index (χ4n) is 1.93. The van der Waals surface area contributed by atoms with Gasteiger partial charge in [-0.15, -0.1) is 0 Å². The van der Waals surface area contributed by atoms with E-state index in [0.29, 0.717) is 10.6 Å². The van der Waals surface area contributed by atoms with Crippen LogP contribution in [0.15, 0.2) is 30.5 Å². The number of rotatable bonds is 4. The predicted octanol–water partition coefficient (Wildman–Crippen LogP) is 4.51. The fraction of sp³-hybridized carbons (Fsp3) is 0.188. The minimum Gasteiger partial charge on any atom is -0.452 e. The standard InChI is InChI=1S/C16H11Cl2F3N2O3/c1-8-11(17)6-22-14(13(8)18)23-12(24)7-26-15(25)9-4-2-3-5-10(9)16(19,20)21/h2-6H,7H2,1H3,(H,22,23,24). The van der Waals surface area contributed by atoms with Gasteiger partial charge in [-0.2, -0.15) is 13.2 Å². The largest absolute Gasteiger partial charge is 0.452 e. The minimum absolute atomic E-state index is 0.00897. The Morgan fingerprint density at radius 1 is 1.23 bits per heavy atom. The first-order valence-electron chi connectivity index (χ1n) is 7.05. The lowest BCUT2D eigenvalue weighted by molar-refractivity contribution is -0.138. The van der Waals surface area contributed by atoms with Crippen molar-refractivity contribution in [2.45, 2.75) is 13.1 Å². The molecule has 0 fully saturated rings. The van der Waals surface area contributed by atoms with Crippen LogP contribution in [0.5, 0.6) is 0 Å². The average Bonchev–Trinajstić information content (AvgIpc) is 2.59. The SMILES string of the molecule is Cc1c(Cl)cnc(NC(=O)COC(=O)c2ccccc2C(F)(F)F)c1Cl. The number of carbonyl (C=O) groups is 2. The molecule has 1 aromatic carbocycles. The van der Waals surface area contributed by atoms with E-state index in [1.54, 1.807) is 6.92 Å². The molecule has 1 heterocycles. The molecule has 1 N–H and O–H groups in total. The molecule has 0 spiro atoms. The fourth-order valence-corrected chi connectivity index (χ4v) is 2.32. The van der Waals surface area contributed by atoms with Gasteiger partial charge in [0, 0.05) is 6.20 Å². The number of nitrogens with zero attached hydrogens (tertiary/aromatic N) is 1. The van der Waals surface area contributed by atoms with Crippen LogP contribution in [-0.2, 0) is 15.7 Å². The number of esters is 1. The topological polar surface area (TPSA) is 68.3 Å². The summed E-state index contributed by atoms with van der Waals surface area (Å²) >= 11 is 11.8. The van der Waals surface area contributed by atoms with Crippen molar-refractivity contribution < 1.29 is 27.5 Å². The van der Waals surface area contributed by atoms with Gasteiger partial charge in [-0.25, -0.2) is 9.78 Å². The lowest BCUT2D eigenvalue weighted by Crippen LogP contribution is -2.23. The van der Waals surface area contributed by atoms with Gasteiger partial charge in [-0.1, -0.05) is 35.3 Å². The number of hydrogen-bond acceptors (Lipinski definition) is 4. The van der Waals surface area contributed by atoms with Gasteiger partial charge in [0.25, 0.3) is 5.91 Å². The van der Waals surface area contributed by atoms with Crippen LogP contribution in [0, 0.1) is 6.92 Å². The van der Waals surface area contributed by atoms with Crippen molar-refractivity contribution in [3.05, 3.63) is 57.2 Å². The highest BCUT2D eigenvalue weighted by molar-refractivity contribution is 6.37. The summed E-state index contributed by atoms with van der Waals surface area (Å²) in [4.78, 5) is 27.5. The predicted molar refractivity (Wildman–Crippen MR) is 89.4 cm³/mol. The van der Waals surface area contributed by atoms with Crippen LogP contribution >= 0.6 is 23.2 Å². The van der Waals surface area contributed by atoms with Crippen molar-refractivity contribution in [1.82, 2.24) is 4.98 Å². The summed E-state index contributed by atoms with van der Waals surface area (Å²) in [7, 11) is 0. The third-order valence-corrected chi connectivity index (χ3v) is 4.09. The number of amides is 1. The van der Waals surface area contributed by atoms with Gasteiger partial charge in [0.1, 0.15) is 0 Å². The van der Waals surface area contributed by atoms with Gasteiger partial charge in [0.05, 0.1) is 21.2 Å². The first kappa shape index (κ1) is 20.0. The molecular weight excluding hydrogens is 396 g/mol. The Labute approximate surface area is 156 Å². The molecule has 26 heavy (non-hydrogen) atoms. The van der Waals surface area contributed by atoms with E-state index < -0.39 is 35.8 Å². The molecule has 0 bridgehead atoms. The second-order valence-electron chi connectivity index (χ2n) is 5.06. The molecule has 0 saturated carbocycles. The zero-order chi connectivity index (χ0) is 19.5. The molecule has 2 aromatic rings. The Kier molecular flexibility index (Phi) is 6.09. The lowest BCUT2D eigenvalue weighted by atomic mass is 10.1. The lowest BCUT2D eigenvalue weighted by Gasteiger charge is -2.12. The number of carbonyl (C=O) groups excluding carboxylic acids is 2. The van der Waals surface area contributed by atoms with Crippen molar-refractivity contribution in [3.63, 3.8) is 0 Å². The molecule has 0 atom stereocenters. The second kappa shape index (κ2) is 7.92. The van der Waals surface area contributed by atoms with Crippen molar-refractivity contribution in [2.24, 2.45) is 0 Å². The molecule has 0 unspecified atom stereocenters. The van der Waals surface area contributed by atoms with Gasteiger partial charge in [0.15, 0.2) is 12.4 Å². The Balaban J connectivity index is 2.05. The molecular formula is C16H11Cl2F3N2O3. The first-order valence-corrected chi connectivity index (χ1v) is 7.80. The summed E-state index contributed by atoms with van der Waals surface area (Å²) in [5.74, 6) is -2.11. The molecule has 1 aromatic heterocycles. The molecule has 2 rings (SSSR count). The number of benzene rings is 1. The highest BCUT2D eigenvalue weighted by Crippen LogP contribution is 2.32. The van der Waals surface area contributed by atoms with E-state index in [1.165, 1.54) is 12.3 Å². The average molecular weight is 407 g/mol. The molecule has 0 aliphatic carbocycles. The maximum Gasteiger partial charge on any atom is 0.417 e. The maximum atomic E-state index is 12.9. The number of alkyl halides is 3. The molecule has 5 nitrogen and oxygen atoms in total. The third-order valence-electron chi connectivity index (χ3n) is 3.25. The van der Waals surface area contributed by atoms with E-state index in [4.69, 9.17) is 23.2 Å². The number of hydrogen-bond donors (Lipinski definition) is 1. The van der Waals surface area contributed by atoms with Crippen molar-refractivity contribution >= 4 is 40.9 Å². The van der Waals surface area contributed by atoms with Gasteiger partial charge >= 0.3 is 12.1 Å². The second-order valence-corrected chi connectivity index (χ2v) is 5.85. The number of nitrogens with one attached hydrogen (secondary N) is 1. The van der Waals surface area contributed by atoms with E-state index in [9.17, 15) is 22.8 Å². The maximum absolute atomic E-state index is 12.9. The number of aromatic nitrogens is 1. The first-order chi connectivity index (χ1) is 12.1. The zero-order valence-corrected chi connectivity index (χ0v) is 14.7. The van der Waals surface area contributed by atoms with Crippen molar-refractivity contribution in [1.29, 1.82) is 0 Å². The summed E-state index contributed by atoms with van der Waals surface area (Å²) in [6.07, 6.45) is -3.46. The minimum atomic E-state index is -4.73. The van der Waals surface area contributed by atoms with Gasteiger partial charge in [-0.05, 0) is 24.6 Å². The highest BCUT2D eigenvalue weighted by Gasteiger charge is 2.35. The number of anilines is 1. The third kappa shape index (κ3) is 4.64. The number of pyridine rings is 1. The van der Waals surface area contributed by atoms with Crippen molar-refractivity contribution in [3.8, 4) is 0 Å². The molecule has 0 saturated heterocycles. The Hall–Kier alpha value is -2.32. The summed E-state index contributed by atoms with van der Waals surface area (Å²) in [6.45, 7) is 0.792. The van der Waals surface area contributed by atoms with Crippen LogP contribution in [-0.4, -0.2) is 23.5 Å². The smallest absolute Gasteiger partial charge is 0.417 e. The van der Waals surface area contributed by atoms with Crippen LogP contribution in [0.4, 0.5) is 19.0 Å². The van der Waals surface area contributed by atoms with Gasteiger partial charge < -0.3 is 10.1 Å². The van der Waals surface area contributed by atoms with E-state index in [2.05, 4.69) is 15.0 Å². The number of ether oxygens (including phenoxy) is 1. The zero-order valence-electron chi connectivity index (χ0n) is 13.2. The normalized spacial score (nSPS) is 11.2. The Morgan fingerprint density at radius 2 is 1.88 bits per heavy atom. The molecule has 1 amide bonds. The molecule has 0 radical (unpaired) electrons. The Morgan fingerprint density at radius 3 is 2.54 bits per heavy atom. The van der Waals surface area contributed by atoms with Crippen LogP contribution in [0.2, 0.25) is 10.0 Å². The quantitative estimate of drug-likeness (QED) is 0.758. The van der Waals surface area contributed by atoms with E-state index in [0.717, 1.165) is 18.2 Å². The summed E-state index contributed by atoms with van der Waals surface area (Å²) in [6, 6.07) is 4.11. The van der Waals surface area contributed by atoms with E-state index in [-0.39, 0.29) is 10.8 Å². The van der Waals surface area contributed by atoms with E-state index in [1.807, 2.05) is 0 Å². The summed E-state index contributed by atoms with van der Waals surface area (Å²) < 4.78 is 43.3. The van der Waals surface area contributed by atoms with Gasteiger partial charge in [-0.3, -0.25) is 4.79 Å². The summed E-state index contributed by atoms with van der Waals surface area (Å²) in [5, 5.41) is 2.68. The van der Waals surface area contributed by atoms with Crippen LogP contribution in [0.25, 0.3) is 0 Å². The monoisotopic (exact) mass is 406 g/mol. The highest BCUT2D eigenvalue weighted by atomic mass is 35.5. The van der Waals surface area contributed by atoms with Crippen LogP contribution in [0.1, 0.15) is 21.5 Å². The summed E-state index contributed by atoms with van der Waals surface area (Å²) in [5.41, 5.74) is -1.36. The Bertz CT molecular complexity index is 857. The molecule has 0 aliphatic rings. The molecule has 0 aliphatic heterocycles.